The minimum atomic E-state index is -3.55. The largest absolute Gasteiger partial charge is 0.243 e. The van der Waals surface area contributed by atoms with Gasteiger partial charge in [0.2, 0.25) is 10.0 Å². The molecule has 0 radical (unpaired) electrons. The zero-order valence-corrected chi connectivity index (χ0v) is 13.7. The predicted molar refractivity (Wildman–Crippen MR) is 83.7 cm³/mol. The first-order valence-corrected chi connectivity index (χ1v) is 8.73. The number of hydrogen-bond donors (Lipinski definition) is 0. The molecule has 0 N–H and O–H groups in total. The SMILES string of the molecule is CN(Cc1ccc(Cl)s1)S(=O)(=O)c1ccc(CC#N)cc1. The van der Waals surface area contributed by atoms with E-state index in [0.29, 0.717) is 4.34 Å². The maximum atomic E-state index is 12.4. The summed E-state index contributed by atoms with van der Waals surface area (Å²) in [7, 11) is -2.01. The molecule has 110 valence electrons. The van der Waals surface area contributed by atoms with Crippen LogP contribution in [0.1, 0.15) is 10.4 Å². The zero-order chi connectivity index (χ0) is 15.5. The van der Waals surface area contributed by atoms with Crippen molar-refractivity contribution in [1.29, 1.82) is 5.26 Å². The third-order valence-corrected chi connectivity index (χ3v) is 5.96. The van der Waals surface area contributed by atoms with Crippen molar-refractivity contribution < 1.29 is 8.42 Å². The normalized spacial score (nSPS) is 11.5. The monoisotopic (exact) mass is 340 g/mol. The predicted octanol–water partition coefficient (Wildman–Crippen LogP) is 3.29. The Bertz CT molecular complexity index is 761. The van der Waals surface area contributed by atoms with E-state index in [-0.39, 0.29) is 17.9 Å². The Hall–Kier alpha value is -1.39. The summed E-state index contributed by atoms with van der Waals surface area (Å²) in [5.74, 6) is 0. The van der Waals surface area contributed by atoms with E-state index < -0.39 is 10.0 Å². The number of halogens is 1. The molecule has 0 aliphatic rings. The smallest absolute Gasteiger partial charge is 0.207 e. The Balaban J connectivity index is 2.18. The van der Waals surface area contributed by atoms with E-state index in [1.54, 1.807) is 18.2 Å². The third-order valence-electron chi connectivity index (χ3n) is 2.92. The fraction of sp³-hybridized carbons (Fsp3) is 0.214. The molecular formula is C14H13ClN2O2S2. The molecule has 1 aromatic carbocycles. The molecule has 1 aromatic heterocycles. The summed E-state index contributed by atoms with van der Waals surface area (Å²) in [5, 5.41) is 8.62. The molecule has 0 bridgehead atoms. The Morgan fingerprint density at radius 1 is 1.24 bits per heavy atom. The second kappa shape index (κ2) is 6.58. The average Bonchev–Trinajstić information content (AvgIpc) is 2.85. The van der Waals surface area contributed by atoms with E-state index in [9.17, 15) is 8.42 Å². The van der Waals surface area contributed by atoms with Crippen LogP contribution in [0.4, 0.5) is 0 Å². The maximum absolute atomic E-state index is 12.4. The van der Waals surface area contributed by atoms with Crippen LogP contribution in [-0.4, -0.2) is 19.8 Å². The first-order chi connectivity index (χ1) is 9.93. The maximum Gasteiger partial charge on any atom is 0.243 e. The fourth-order valence-electron chi connectivity index (χ4n) is 1.79. The molecule has 0 saturated carbocycles. The number of hydrogen-bond acceptors (Lipinski definition) is 4. The summed E-state index contributed by atoms with van der Waals surface area (Å²) >= 11 is 7.21. The van der Waals surface area contributed by atoms with Gasteiger partial charge in [0.05, 0.1) is 21.7 Å². The first kappa shape index (κ1) is 16.0. The molecule has 2 aromatic rings. The van der Waals surface area contributed by atoms with Gasteiger partial charge in [0.1, 0.15) is 0 Å². The molecule has 0 spiro atoms. The summed E-state index contributed by atoms with van der Waals surface area (Å²) in [6.07, 6.45) is 0.268. The van der Waals surface area contributed by atoms with Gasteiger partial charge < -0.3 is 0 Å². The van der Waals surface area contributed by atoms with Gasteiger partial charge >= 0.3 is 0 Å². The molecule has 0 atom stereocenters. The van der Waals surface area contributed by atoms with Crippen molar-refractivity contribution in [3.8, 4) is 6.07 Å². The van der Waals surface area contributed by atoms with E-state index in [1.807, 2.05) is 12.1 Å². The summed E-state index contributed by atoms with van der Waals surface area (Å²) in [5.41, 5.74) is 0.796. The van der Waals surface area contributed by atoms with Crippen LogP contribution in [0.5, 0.6) is 0 Å². The Morgan fingerprint density at radius 3 is 2.43 bits per heavy atom. The summed E-state index contributed by atoms with van der Waals surface area (Å²) in [6.45, 7) is 0.277. The minimum absolute atomic E-state index is 0.217. The molecule has 0 aliphatic carbocycles. The Morgan fingerprint density at radius 2 is 1.90 bits per heavy atom. The van der Waals surface area contributed by atoms with Gasteiger partial charge in [0.15, 0.2) is 0 Å². The second-order valence-electron chi connectivity index (χ2n) is 4.45. The summed E-state index contributed by atoms with van der Waals surface area (Å²) in [6, 6.07) is 12.0. The number of rotatable bonds is 5. The molecule has 0 fully saturated rings. The summed E-state index contributed by atoms with van der Waals surface area (Å²) < 4.78 is 26.8. The van der Waals surface area contributed by atoms with Crippen molar-refractivity contribution in [2.75, 3.05) is 7.05 Å². The summed E-state index contributed by atoms with van der Waals surface area (Å²) in [4.78, 5) is 1.10. The van der Waals surface area contributed by atoms with Crippen molar-refractivity contribution in [2.45, 2.75) is 17.9 Å². The lowest BCUT2D eigenvalue weighted by Crippen LogP contribution is -2.26. The highest BCUT2D eigenvalue weighted by Gasteiger charge is 2.21. The van der Waals surface area contributed by atoms with Crippen LogP contribution in [0.3, 0.4) is 0 Å². The van der Waals surface area contributed by atoms with Crippen LogP contribution in [-0.2, 0) is 23.0 Å². The highest BCUT2D eigenvalue weighted by Crippen LogP contribution is 2.24. The van der Waals surface area contributed by atoms with Gasteiger partial charge in [0.25, 0.3) is 0 Å². The fourth-order valence-corrected chi connectivity index (χ4v) is 4.16. The van der Waals surface area contributed by atoms with Crippen LogP contribution >= 0.6 is 22.9 Å². The van der Waals surface area contributed by atoms with E-state index in [2.05, 4.69) is 0 Å². The number of sulfonamides is 1. The first-order valence-electron chi connectivity index (χ1n) is 6.10. The van der Waals surface area contributed by atoms with Crippen molar-refractivity contribution in [3.63, 3.8) is 0 Å². The molecule has 0 unspecified atom stereocenters. The van der Waals surface area contributed by atoms with Crippen LogP contribution < -0.4 is 0 Å². The van der Waals surface area contributed by atoms with Gasteiger partial charge in [0, 0.05) is 18.5 Å². The molecule has 7 heteroatoms. The molecule has 0 aliphatic heterocycles. The van der Waals surface area contributed by atoms with E-state index >= 15 is 0 Å². The third kappa shape index (κ3) is 3.83. The molecule has 21 heavy (non-hydrogen) atoms. The van der Waals surface area contributed by atoms with Gasteiger partial charge in [-0.1, -0.05) is 23.7 Å². The van der Waals surface area contributed by atoms with Crippen LogP contribution in [0.25, 0.3) is 0 Å². The number of nitrogens with zero attached hydrogens (tertiary/aromatic N) is 2. The second-order valence-corrected chi connectivity index (χ2v) is 8.29. The lowest BCUT2D eigenvalue weighted by Gasteiger charge is -2.16. The molecule has 2 rings (SSSR count). The van der Waals surface area contributed by atoms with Crippen molar-refractivity contribution >= 4 is 33.0 Å². The van der Waals surface area contributed by atoms with E-state index in [0.717, 1.165) is 10.4 Å². The number of benzene rings is 1. The lowest BCUT2D eigenvalue weighted by molar-refractivity contribution is 0.469. The molecule has 0 amide bonds. The van der Waals surface area contributed by atoms with E-state index in [4.69, 9.17) is 16.9 Å². The topological polar surface area (TPSA) is 61.2 Å². The van der Waals surface area contributed by atoms with Gasteiger partial charge in [-0.3, -0.25) is 0 Å². The van der Waals surface area contributed by atoms with Crippen molar-refractivity contribution in [1.82, 2.24) is 4.31 Å². The van der Waals surface area contributed by atoms with Gasteiger partial charge in [-0.05, 0) is 29.8 Å². The van der Waals surface area contributed by atoms with Gasteiger partial charge in [-0.15, -0.1) is 11.3 Å². The quantitative estimate of drug-likeness (QED) is 0.839. The van der Waals surface area contributed by atoms with Crippen molar-refractivity contribution in [3.05, 3.63) is 51.2 Å². The average molecular weight is 341 g/mol. The number of nitriles is 1. The standard InChI is InChI=1S/C14H13ClN2O2S2/c1-17(10-12-4-7-14(15)20-12)21(18,19)13-5-2-11(3-6-13)8-9-16/h2-7H,8,10H2,1H3. The van der Waals surface area contributed by atoms with Crippen LogP contribution in [0.2, 0.25) is 4.34 Å². The molecule has 0 saturated heterocycles. The van der Waals surface area contributed by atoms with Crippen LogP contribution in [0, 0.1) is 11.3 Å². The van der Waals surface area contributed by atoms with Gasteiger partial charge in [-0.25, -0.2) is 8.42 Å². The Kier molecular flexibility index (Phi) is 5.01. The number of thiophene rings is 1. The highest BCUT2D eigenvalue weighted by molar-refractivity contribution is 7.89. The van der Waals surface area contributed by atoms with Gasteiger partial charge in [-0.2, -0.15) is 9.57 Å². The Labute approximate surface area is 133 Å². The molecular weight excluding hydrogens is 328 g/mol. The minimum Gasteiger partial charge on any atom is -0.207 e. The zero-order valence-electron chi connectivity index (χ0n) is 11.3. The molecule has 1 heterocycles. The highest BCUT2D eigenvalue weighted by atomic mass is 35.5. The van der Waals surface area contributed by atoms with E-state index in [1.165, 1.54) is 34.8 Å². The van der Waals surface area contributed by atoms with Crippen LogP contribution in [0.15, 0.2) is 41.3 Å². The van der Waals surface area contributed by atoms with Crippen molar-refractivity contribution in [2.24, 2.45) is 0 Å². The lowest BCUT2D eigenvalue weighted by atomic mass is 10.2. The molecule has 4 nitrogen and oxygen atoms in total.